The number of allylic oxidation sites excluding steroid dienone is 1. The van der Waals surface area contributed by atoms with Crippen molar-refractivity contribution in [3.05, 3.63) is 34.9 Å². The van der Waals surface area contributed by atoms with Crippen LogP contribution in [-0.4, -0.2) is 5.60 Å². The zero-order valence-corrected chi connectivity index (χ0v) is 10.5. The van der Waals surface area contributed by atoms with Crippen LogP contribution >= 0.6 is 0 Å². The molecule has 0 fully saturated rings. The molecule has 0 aromatic heterocycles. The lowest BCUT2D eigenvalue weighted by atomic mass is 9.93. The van der Waals surface area contributed by atoms with E-state index in [0.717, 1.165) is 29.7 Å². The first-order chi connectivity index (χ1) is 8.54. The maximum absolute atomic E-state index is 8.73. The molecule has 0 atom stereocenters. The van der Waals surface area contributed by atoms with Gasteiger partial charge in [-0.1, -0.05) is 6.07 Å². The van der Waals surface area contributed by atoms with Crippen LogP contribution in [0.3, 0.4) is 0 Å². The topological polar surface area (TPSA) is 56.8 Å². The van der Waals surface area contributed by atoms with Gasteiger partial charge in [0.2, 0.25) is 0 Å². The van der Waals surface area contributed by atoms with E-state index in [0.29, 0.717) is 0 Å². The zero-order valence-electron chi connectivity index (χ0n) is 10.5. The molecule has 3 heteroatoms. The van der Waals surface area contributed by atoms with Crippen molar-refractivity contribution in [2.45, 2.75) is 32.3 Å². The van der Waals surface area contributed by atoms with Gasteiger partial charge in [-0.2, -0.15) is 10.5 Å². The number of hydrogen-bond donors (Lipinski definition) is 0. The fraction of sp³-hybridized carbons (Fsp3) is 0.333. The fourth-order valence-electron chi connectivity index (χ4n) is 2.02. The van der Waals surface area contributed by atoms with E-state index in [1.165, 1.54) is 0 Å². The molecular formula is C15H14N2O. The average molecular weight is 238 g/mol. The zero-order chi connectivity index (χ0) is 13.2. The summed E-state index contributed by atoms with van der Waals surface area (Å²) in [5.41, 5.74) is 2.01. The van der Waals surface area contributed by atoms with Gasteiger partial charge in [0.1, 0.15) is 29.1 Å². The van der Waals surface area contributed by atoms with E-state index < -0.39 is 0 Å². The van der Waals surface area contributed by atoms with Crippen LogP contribution in [0, 0.1) is 22.7 Å². The Labute approximate surface area is 107 Å². The molecule has 18 heavy (non-hydrogen) atoms. The van der Waals surface area contributed by atoms with Gasteiger partial charge in [0.05, 0.1) is 0 Å². The third-order valence-corrected chi connectivity index (χ3v) is 3.02. The lowest BCUT2D eigenvalue weighted by molar-refractivity contribution is 0.0847. The van der Waals surface area contributed by atoms with Crippen LogP contribution in [0.25, 0.3) is 6.08 Å². The number of nitrogens with zero attached hydrogens (tertiary/aromatic N) is 2. The molecule has 90 valence electrons. The molecule has 0 saturated carbocycles. The van der Waals surface area contributed by atoms with E-state index in [-0.39, 0.29) is 11.2 Å². The minimum absolute atomic E-state index is 0.116. The van der Waals surface area contributed by atoms with Crippen LogP contribution in [0.5, 0.6) is 5.75 Å². The van der Waals surface area contributed by atoms with Gasteiger partial charge in [-0.15, -0.1) is 0 Å². The van der Waals surface area contributed by atoms with Crippen molar-refractivity contribution in [1.29, 1.82) is 10.5 Å². The lowest BCUT2D eigenvalue weighted by Gasteiger charge is -2.32. The molecule has 1 heterocycles. The highest BCUT2D eigenvalue weighted by Crippen LogP contribution is 2.33. The molecule has 0 unspecified atom stereocenters. The van der Waals surface area contributed by atoms with Crippen LogP contribution in [0.4, 0.5) is 0 Å². The van der Waals surface area contributed by atoms with E-state index in [9.17, 15) is 0 Å². The van der Waals surface area contributed by atoms with Gasteiger partial charge in [0.15, 0.2) is 0 Å². The van der Waals surface area contributed by atoms with Crippen LogP contribution in [0.1, 0.15) is 31.4 Å². The normalized spacial score (nSPS) is 15.6. The quantitative estimate of drug-likeness (QED) is 0.706. The second-order valence-electron chi connectivity index (χ2n) is 5.01. The molecule has 0 N–H and O–H groups in total. The maximum atomic E-state index is 8.73. The summed E-state index contributed by atoms with van der Waals surface area (Å²) in [6.07, 6.45) is 3.52. The molecule has 1 aromatic carbocycles. The molecule has 0 spiro atoms. The highest BCUT2D eigenvalue weighted by atomic mass is 16.5. The predicted octanol–water partition coefficient (Wildman–Crippen LogP) is 3.22. The Morgan fingerprint density at radius 2 is 2.06 bits per heavy atom. The summed E-state index contributed by atoms with van der Waals surface area (Å²) in [5, 5.41) is 17.5. The number of rotatable bonds is 1. The third-order valence-electron chi connectivity index (χ3n) is 3.02. The molecule has 3 nitrogen and oxygen atoms in total. The monoisotopic (exact) mass is 238 g/mol. The van der Waals surface area contributed by atoms with E-state index in [2.05, 4.69) is 13.8 Å². The summed E-state index contributed by atoms with van der Waals surface area (Å²) < 4.78 is 5.88. The van der Waals surface area contributed by atoms with Gasteiger partial charge in [-0.05, 0) is 56.0 Å². The van der Waals surface area contributed by atoms with Gasteiger partial charge >= 0.3 is 0 Å². The van der Waals surface area contributed by atoms with Gasteiger partial charge in [0, 0.05) is 0 Å². The number of aryl methyl sites for hydroxylation is 1. The average Bonchev–Trinajstić information content (AvgIpc) is 2.35. The molecule has 0 radical (unpaired) electrons. The molecule has 0 amide bonds. The highest BCUT2D eigenvalue weighted by Gasteiger charge is 2.26. The van der Waals surface area contributed by atoms with E-state index in [1.807, 2.05) is 30.3 Å². The number of hydrogen-bond acceptors (Lipinski definition) is 3. The fourth-order valence-corrected chi connectivity index (χ4v) is 2.02. The Morgan fingerprint density at radius 3 is 2.72 bits per heavy atom. The summed E-state index contributed by atoms with van der Waals surface area (Å²) in [6, 6.07) is 9.49. The minimum atomic E-state index is -0.116. The molecule has 1 aliphatic heterocycles. The van der Waals surface area contributed by atoms with Crippen LogP contribution < -0.4 is 4.74 Å². The number of nitriles is 2. The van der Waals surface area contributed by atoms with Gasteiger partial charge < -0.3 is 4.74 Å². The summed E-state index contributed by atoms with van der Waals surface area (Å²) in [4.78, 5) is 0. The Morgan fingerprint density at radius 1 is 1.33 bits per heavy atom. The first kappa shape index (κ1) is 12.2. The summed E-state index contributed by atoms with van der Waals surface area (Å²) in [6.45, 7) is 4.15. The second kappa shape index (κ2) is 4.55. The van der Waals surface area contributed by atoms with Crippen LogP contribution in [0.2, 0.25) is 0 Å². The SMILES string of the molecule is CC1(C)CCc2cc(C=C(C#N)C#N)ccc2O1. The standard InChI is InChI=1S/C15H14N2O/c1-15(2)6-5-13-8-11(3-4-14(13)18-15)7-12(9-16)10-17/h3-4,7-8H,5-6H2,1-2H3. The predicted molar refractivity (Wildman–Crippen MR) is 68.7 cm³/mol. The highest BCUT2D eigenvalue weighted by molar-refractivity contribution is 5.63. The van der Waals surface area contributed by atoms with Crippen molar-refractivity contribution in [2.24, 2.45) is 0 Å². The number of benzene rings is 1. The molecule has 1 aromatic rings. The van der Waals surface area contributed by atoms with E-state index in [1.54, 1.807) is 6.08 Å². The number of ether oxygens (including phenoxy) is 1. The molecule has 0 aliphatic carbocycles. The van der Waals surface area contributed by atoms with Crippen molar-refractivity contribution < 1.29 is 4.74 Å². The summed E-state index contributed by atoms with van der Waals surface area (Å²) >= 11 is 0. The van der Waals surface area contributed by atoms with Crippen molar-refractivity contribution >= 4 is 6.08 Å². The molecule has 0 bridgehead atoms. The first-order valence-electron chi connectivity index (χ1n) is 5.88. The smallest absolute Gasteiger partial charge is 0.130 e. The van der Waals surface area contributed by atoms with Gasteiger partial charge in [-0.3, -0.25) is 0 Å². The van der Waals surface area contributed by atoms with Gasteiger partial charge in [-0.25, -0.2) is 0 Å². The molecule has 0 saturated heterocycles. The Hall–Kier alpha value is -2.26. The van der Waals surface area contributed by atoms with E-state index in [4.69, 9.17) is 15.3 Å². The summed E-state index contributed by atoms with van der Waals surface area (Å²) in [7, 11) is 0. The van der Waals surface area contributed by atoms with Crippen LogP contribution in [0.15, 0.2) is 23.8 Å². The second-order valence-corrected chi connectivity index (χ2v) is 5.01. The Kier molecular flexibility index (Phi) is 3.08. The van der Waals surface area contributed by atoms with Crippen molar-refractivity contribution in [3.8, 4) is 17.9 Å². The van der Waals surface area contributed by atoms with Crippen molar-refractivity contribution in [2.75, 3.05) is 0 Å². The maximum Gasteiger partial charge on any atom is 0.130 e. The molecular weight excluding hydrogens is 224 g/mol. The molecule has 1 aliphatic rings. The van der Waals surface area contributed by atoms with Crippen LogP contribution in [-0.2, 0) is 6.42 Å². The number of fused-ring (bicyclic) bond motifs is 1. The van der Waals surface area contributed by atoms with Crippen molar-refractivity contribution in [1.82, 2.24) is 0 Å². The van der Waals surface area contributed by atoms with Gasteiger partial charge in [0.25, 0.3) is 0 Å². The Balaban J connectivity index is 2.34. The lowest BCUT2D eigenvalue weighted by Crippen LogP contribution is -2.32. The third kappa shape index (κ3) is 2.52. The first-order valence-corrected chi connectivity index (χ1v) is 5.88. The largest absolute Gasteiger partial charge is 0.488 e. The van der Waals surface area contributed by atoms with E-state index >= 15 is 0 Å². The summed E-state index contributed by atoms with van der Waals surface area (Å²) in [5.74, 6) is 0.902. The minimum Gasteiger partial charge on any atom is -0.488 e. The van der Waals surface area contributed by atoms with Crippen molar-refractivity contribution in [3.63, 3.8) is 0 Å². The Bertz CT molecular complexity index is 569. The molecule has 2 rings (SSSR count).